The molecule has 0 unspecified atom stereocenters. The molecule has 4 amide bonds. The number of hydrogen-bond donors (Lipinski definition) is 2. The number of imide groups is 1. The highest BCUT2D eigenvalue weighted by Crippen LogP contribution is 2.28. The number of carbonyl (C=O) groups is 3. The third-order valence-corrected chi connectivity index (χ3v) is 5.45. The summed E-state index contributed by atoms with van der Waals surface area (Å²) in [5.74, 6) is 0.255. The molecule has 1 aromatic heterocycles. The van der Waals surface area contributed by atoms with Crippen LogP contribution in [0.4, 0.5) is 10.5 Å². The quantitative estimate of drug-likeness (QED) is 0.555. The van der Waals surface area contributed by atoms with E-state index < -0.39 is 18.0 Å². The molecule has 0 aliphatic carbocycles. The van der Waals surface area contributed by atoms with E-state index in [0.717, 1.165) is 15.8 Å². The molecule has 4 rings (SSSR count). The number of carbonyl (C=O) groups excluding carboxylic acids is 3. The Morgan fingerprint density at radius 2 is 1.84 bits per heavy atom. The summed E-state index contributed by atoms with van der Waals surface area (Å²) < 4.78 is 12.5. The van der Waals surface area contributed by atoms with Gasteiger partial charge in [0.05, 0.1) is 27.2 Å². The van der Waals surface area contributed by atoms with Crippen LogP contribution in [0.15, 0.2) is 48.7 Å². The fraction of sp³-hybridized carbons (Fsp3) is 0.261. The first-order chi connectivity index (χ1) is 15.4. The first-order valence-corrected chi connectivity index (χ1v) is 10.1. The molecule has 166 valence electrons. The van der Waals surface area contributed by atoms with E-state index in [1.165, 1.54) is 14.2 Å². The van der Waals surface area contributed by atoms with Crippen molar-refractivity contribution in [2.24, 2.45) is 7.05 Å². The van der Waals surface area contributed by atoms with E-state index >= 15 is 0 Å². The summed E-state index contributed by atoms with van der Waals surface area (Å²) in [5, 5.41) is 6.39. The average Bonchev–Trinajstić information content (AvgIpc) is 3.27. The van der Waals surface area contributed by atoms with Crippen molar-refractivity contribution in [3.63, 3.8) is 0 Å². The summed E-state index contributed by atoms with van der Waals surface area (Å²) in [6, 6.07) is 11.3. The molecule has 2 aromatic carbocycles. The summed E-state index contributed by atoms with van der Waals surface area (Å²) in [5.41, 5.74) is 2.38. The van der Waals surface area contributed by atoms with E-state index in [9.17, 15) is 14.4 Å². The van der Waals surface area contributed by atoms with Crippen molar-refractivity contribution in [2.75, 3.05) is 19.5 Å². The molecule has 2 heterocycles. The number of rotatable bonds is 7. The minimum atomic E-state index is -0.914. The molecule has 3 aromatic rings. The Bertz CT molecular complexity index is 1200. The lowest BCUT2D eigenvalue weighted by Gasteiger charge is -2.15. The van der Waals surface area contributed by atoms with Gasteiger partial charge in [-0.25, -0.2) is 4.79 Å². The van der Waals surface area contributed by atoms with Gasteiger partial charge in [0.15, 0.2) is 11.5 Å². The van der Waals surface area contributed by atoms with Crippen LogP contribution in [0.25, 0.3) is 10.9 Å². The number of ether oxygens (including phenoxy) is 2. The van der Waals surface area contributed by atoms with Crippen LogP contribution in [0.2, 0.25) is 0 Å². The summed E-state index contributed by atoms with van der Waals surface area (Å²) >= 11 is 0. The molecule has 1 fully saturated rings. The van der Waals surface area contributed by atoms with Crippen LogP contribution >= 0.6 is 0 Å². The number of urea groups is 1. The number of amides is 4. The largest absolute Gasteiger partial charge is 0.493 e. The second-order valence-electron chi connectivity index (χ2n) is 7.57. The van der Waals surface area contributed by atoms with Gasteiger partial charge in [0.2, 0.25) is 5.91 Å². The van der Waals surface area contributed by atoms with Gasteiger partial charge >= 0.3 is 6.03 Å². The molecule has 1 atom stereocenters. The molecule has 0 saturated carbocycles. The molecular formula is C23H24N4O5. The first kappa shape index (κ1) is 21.2. The number of aryl methyl sites for hydroxylation is 1. The van der Waals surface area contributed by atoms with Crippen molar-refractivity contribution in [3.8, 4) is 11.5 Å². The van der Waals surface area contributed by atoms with Crippen molar-refractivity contribution in [1.82, 2.24) is 14.8 Å². The van der Waals surface area contributed by atoms with Crippen LogP contribution in [-0.4, -0.2) is 47.6 Å². The van der Waals surface area contributed by atoms with Gasteiger partial charge in [-0.05, 0) is 42.0 Å². The van der Waals surface area contributed by atoms with Gasteiger partial charge in [-0.1, -0.05) is 6.07 Å². The molecule has 1 aliphatic rings. The minimum absolute atomic E-state index is 0.0633. The first-order valence-electron chi connectivity index (χ1n) is 10.1. The second-order valence-corrected chi connectivity index (χ2v) is 7.57. The predicted molar refractivity (Wildman–Crippen MR) is 119 cm³/mol. The molecule has 0 bridgehead atoms. The van der Waals surface area contributed by atoms with E-state index in [-0.39, 0.29) is 18.9 Å². The summed E-state index contributed by atoms with van der Waals surface area (Å²) in [6.07, 6.45) is 1.79. The maximum Gasteiger partial charge on any atom is 0.325 e. The maximum absolute atomic E-state index is 12.8. The maximum atomic E-state index is 12.8. The normalized spacial score (nSPS) is 15.7. The fourth-order valence-electron chi connectivity index (χ4n) is 3.78. The van der Waals surface area contributed by atoms with Crippen LogP contribution in [0.3, 0.4) is 0 Å². The molecule has 1 aliphatic heterocycles. The third kappa shape index (κ3) is 4.09. The molecule has 0 radical (unpaired) electrons. The van der Waals surface area contributed by atoms with Crippen LogP contribution in [0.1, 0.15) is 12.0 Å². The number of hydrogen-bond acceptors (Lipinski definition) is 5. The van der Waals surface area contributed by atoms with Crippen molar-refractivity contribution in [2.45, 2.75) is 19.0 Å². The van der Waals surface area contributed by atoms with Gasteiger partial charge in [0.25, 0.3) is 5.91 Å². The second kappa shape index (κ2) is 8.62. The van der Waals surface area contributed by atoms with Gasteiger partial charge in [-0.3, -0.25) is 14.5 Å². The molecule has 32 heavy (non-hydrogen) atoms. The lowest BCUT2D eigenvalue weighted by atomic mass is 10.1. The number of aromatic nitrogens is 1. The van der Waals surface area contributed by atoms with Crippen molar-refractivity contribution in [1.29, 1.82) is 0 Å². The molecule has 9 heteroatoms. The number of benzene rings is 2. The van der Waals surface area contributed by atoms with E-state index in [1.807, 2.05) is 36.0 Å². The topological polar surface area (TPSA) is 102 Å². The minimum Gasteiger partial charge on any atom is -0.493 e. The SMILES string of the molecule is COc1ccc(CN2C(=O)N[C@@H](CC(=O)Nc3ccc4c(ccn4C)c3)C2=O)cc1OC. The number of nitrogens with zero attached hydrogens (tertiary/aromatic N) is 2. The van der Waals surface area contributed by atoms with Crippen LogP contribution in [-0.2, 0) is 23.2 Å². The zero-order chi connectivity index (χ0) is 22.8. The van der Waals surface area contributed by atoms with E-state index in [1.54, 1.807) is 24.3 Å². The monoisotopic (exact) mass is 436 g/mol. The Labute approximate surface area is 184 Å². The molecule has 1 saturated heterocycles. The Kier molecular flexibility index (Phi) is 5.72. The standard InChI is InChI=1S/C23H24N4O5/c1-26-9-8-15-11-16(5-6-18(15)26)24-21(28)12-17-22(29)27(23(30)25-17)13-14-4-7-19(31-2)20(10-14)32-3/h4-11,17H,12-13H2,1-3H3,(H,24,28)(H,25,30)/t17-/m0/s1. The van der Waals surface area contributed by atoms with E-state index in [2.05, 4.69) is 10.6 Å². The highest BCUT2D eigenvalue weighted by atomic mass is 16.5. The smallest absolute Gasteiger partial charge is 0.325 e. The van der Waals surface area contributed by atoms with Crippen LogP contribution in [0.5, 0.6) is 11.5 Å². The fourth-order valence-corrected chi connectivity index (χ4v) is 3.78. The van der Waals surface area contributed by atoms with Gasteiger partial charge < -0.3 is 24.7 Å². The summed E-state index contributed by atoms with van der Waals surface area (Å²) in [4.78, 5) is 38.7. The number of nitrogens with one attached hydrogen (secondary N) is 2. The Hall–Kier alpha value is -4.01. The number of anilines is 1. The third-order valence-electron chi connectivity index (χ3n) is 5.45. The Balaban J connectivity index is 1.40. The summed E-state index contributed by atoms with van der Waals surface area (Å²) in [7, 11) is 4.99. The molecular weight excluding hydrogens is 412 g/mol. The Morgan fingerprint density at radius 1 is 1.06 bits per heavy atom. The average molecular weight is 436 g/mol. The summed E-state index contributed by atoms with van der Waals surface area (Å²) in [6.45, 7) is 0.0633. The van der Waals surface area contributed by atoms with Crippen molar-refractivity contribution < 1.29 is 23.9 Å². The van der Waals surface area contributed by atoms with Crippen molar-refractivity contribution >= 4 is 34.4 Å². The lowest BCUT2D eigenvalue weighted by Crippen LogP contribution is -2.34. The highest BCUT2D eigenvalue weighted by Gasteiger charge is 2.39. The van der Waals surface area contributed by atoms with Gasteiger partial charge in [-0.15, -0.1) is 0 Å². The van der Waals surface area contributed by atoms with Gasteiger partial charge in [-0.2, -0.15) is 0 Å². The predicted octanol–water partition coefficient (Wildman–Crippen LogP) is 2.64. The van der Waals surface area contributed by atoms with E-state index in [4.69, 9.17) is 9.47 Å². The number of fused-ring (bicyclic) bond motifs is 1. The van der Waals surface area contributed by atoms with Crippen LogP contribution in [0, 0.1) is 0 Å². The highest BCUT2D eigenvalue weighted by molar-refractivity contribution is 6.07. The van der Waals surface area contributed by atoms with Crippen LogP contribution < -0.4 is 20.1 Å². The molecule has 9 nitrogen and oxygen atoms in total. The van der Waals surface area contributed by atoms with Gasteiger partial charge in [0.1, 0.15) is 6.04 Å². The van der Waals surface area contributed by atoms with Crippen molar-refractivity contribution in [3.05, 3.63) is 54.2 Å². The zero-order valence-corrected chi connectivity index (χ0v) is 18.0. The Morgan fingerprint density at radius 3 is 2.59 bits per heavy atom. The lowest BCUT2D eigenvalue weighted by molar-refractivity contribution is -0.130. The van der Waals surface area contributed by atoms with Gasteiger partial charge in [0, 0.05) is 29.8 Å². The molecule has 2 N–H and O–H groups in total. The molecule has 0 spiro atoms. The zero-order valence-electron chi connectivity index (χ0n) is 18.0. The number of methoxy groups -OCH3 is 2. The van der Waals surface area contributed by atoms with E-state index in [0.29, 0.717) is 22.7 Å².